The first-order valence-electron chi connectivity index (χ1n) is 10.5. The van der Waals surface area contributed by atoms with Gasteiger partial charge in [0.05, 0.1) is 19.4 Å². The molecule has 1 aromatic heterocycles. The van der Waals surface area contributed by atoms with Gasteiger partial charge in [-0.25, -0.2) is 5.01 Å². The standard InChI is InChI=1S/C24H24N4O3/c1-31-19-10-8-17(9-11-19)20-15-27-21-7-3-2-6-18(21)14-22(27)24(30)28(25-20)16-23(29)26-12-4-5-13-26/h2-3,6-11,14H,4-5,12-13,15-16H2,1H3. The summed E-state index contributed by atoms with van der Waals surface area (Å²) in [6.07, 6.45) is 2.02. The van der Waals surface area contributed by atoms with Gasteiger partial charge >= 0.3 is 0 Å². The number of nitrogens with zero attached hydrogens (tertiary/aromatic N) is 4. The number of ether oxygens (including phenoxy) is 1. The van der Waals surface area contributed by atoms with Gasteiger partial charge in [-0.1, -0.05) is 18.2 Å². The molecule has 0 bridgehead atoms. The van der Waals surface area contributed by atoms with Crippen molar-refractivity contribution in [1.82, 2.24) is 14.5 Å². The lowest BCUT2D eigenvalue weighted by Crippen LogP contribution is -2.39. The first-order chi connectivity index (χ1) is 15.1. The van der Waals surface area contributed by atoms with E-state index in [9.17, 15) is 9.59 Å². The quantitative estimate of drug-likeness (QED) is 0.656. The summed E-state index contributed by atoms with van der Waals surface area (Å²) in [4.78, 5) is 28.1. The van der Waals surface area contributed by atoms with E-state index in [4.69, 9.17) is 4.74 Å². The SMILES string of the molecule is COc1ccc(C2=NN(CC(=O)N3CCCC3)C(=O)c3cc4ccccc4n3C2)cc1. The minimum atomic E-state index is -0.257. The molecule has 0 N–H and O–H groups in total. The smallest absolute Gasteiger partial charge is 0.291 e. The van der Waals surface area contributed by atoms with Gasteiger partial charge in [0, 0.05) is 24.0 Å². The van der Waals surface area contributed by atoms with Gasteiger partial charge in [-0.2, -0.15) is 5.10 Å². The number of carbonyl (C=O) groups is 2. The highest BCUT2D eigenvalue weighted by atomic mass is 16.5. The number of aromatic nitrogens is 1. The third-order valence-corrected chi connectivity index (χ3v) is 5.98. The van der Waals surface area contributed by atoms with Crippen molar-refractivity contribution in [3.63, 3.8) is 0 Å². The van der Waals surface area contributed by atoms with Crippen LogP contribution in [-0.2, 0) is 11.3 Å². The first kappa shape index (κ1) is 19.4. The molecule has 1 fully saturated rings. The molecule has 2 aromatic carbocycles. The second-order valence-electron chi connectivity index (χ2n) is 7.90. The fraction of sp³-hybridized carbons (Fsp3) is 0.292. The number of likely N-dealkylation sites (tertiary alicyclic amines) is 1. The summed E-state index contributed by atoms with van der Waals surface area (Å²) in [5.41, 5.74) is 3.13. The Bertz CT molecular complexity index is 1170. The number of fused-ring (bicyclic) bond motifs is 3. The third-order valence-electron chi connectivity index (χ3n) is 5.98. The van der Waals surface area contributed by atoms with Crippen LogP contribution in [0.3, 0.4) is 0 Å². The Balaban J connectivity index is 1.57. The molecular weight excluding hydrogens is 392 g/mol. The lowest BCUT2D eigenvalue weighted by molar-refractivity contribution is -0.130. The fourth-order valence-corrected chi connectivity index (χ4v) is 4.30. The maximum Gasteiger partial charge on any atom is 0.291 e. The second-order valence-corrected chi connectivity index (χ2v) is 7.90. The van der Waals surface area contributed by atoms with Crippen molar-refractivity contribution in [2.24, 2.45) is 5.10 Å². The zero-order valence-electron chi connectivity index (χ0n) is 17.5. The predicted molar refractivity (Wildman–Crippen MR) is 118 cm³/mol. The van der Waals surface area contributed by atoms with Crippen molar-refractivity contribution in [2.45, 2.75) is 19.4 Å². The summed E-state index contributed by atoms with van der Waals surface area (Å²) in [5.74, 6) is 0.433. The Labute approximate surface area is 180 Å². The molecule has 1 saturated heterocycles. The molecule has 2 aliphatic heterocycles. The van der Waals surface area contributed by atoms with Crippen molar-refractivity contribution in [1.29, 1.82) is 0 Å². The lowest BCUT2D eigenvalue weighted by Gasteiger charge is -2.20. The molecule has 0 saturated carbocycles. The first-order valence-corrected chi connectivity index (χ1v) is 10.5. The Kier molecular flexibility index (Phi) is 4.94. The van der Waals surface area contributed by atoms with Crippen molar-refractivity contribution >= 4 is 28.4 Å². The van der Waals surface area contributed by atoms with Gasteiger partial charge in [0.15, 0.2) is 0 Å². The van der Waals surface area contributed by atoms with E-state index in [-0.39, 0.29) is 18.4 Å². The minimum absolute atomic E-state index is 0.0555. The van der Waals surface area contributed by atoms with Gasteiger partial charge < -0.3 is 14.2 Å². The molecule has 2 amide bonds. The fourth-order valence-electron chi connectivity index (χ4n) is 4.30. The maximum atomic E-state index is 13.4. The summed E-state index contributed by atoms with van der Waals surface area (Å²) in [7, 11) is 1.63. The van der Waals surface area contributed by atoms with Gasteiger partial charge in [-0.3, -0.25) is 9.59 Å². The van der Waals surface area contributed by atoms with E-state index in [1.54, 1.807) is 7.11 Å². The van der Waals surface area contributed by atoms with Gasteiger partial charge in [0.25, 0.3) is 5.91 Å². The maximum absolute atomic E-state index is 13.4. The van der Waals surface area contributed by atoms with E-state index in [1.165, 1.54) is 5.01 Å². The summed E-state index contributed by atoms with van der Waals surface area (Å²) in [6, 6.07) is 17.4. The molecule has 0 atom stereocenters. The second kappa shape index (κ2) is 7.91. The molecule has 0 aliphatic carbocycles. The van der Waals surface area contributed by atoms with Gasteiger partial charge in [-0.15, -0.1) is 0 Å². The Morgan fingerprint density at radius 2 is 1.81 bits per heavy atom. The monoisotopic (exact) mass is 416 g/mol. The van der Waals surface area contributed by atoms with Crippen LogP contribution in [0.15, 0.2) is 59.7 Å². The van der Waals surface area contributed by atoms with Gasteiger partial charge in [-0.05, 0) is 54.8 Å². The Morgan fingerprint density at radius 3 is 2.55 bits per heavy atom. The highest BCUT2D eigenvalue weighted by Gasteiger charge is 2.29. The molecule has 158 valence electrons. The number of carbonyl (C=O) groups excluding carboxylic acids is 2. The molecule has 3 heterocycles. The average molecular weight is 416 g/mol. The van der Waals surface area contributed by atoms with E-state index >= 15 is 0 Å². The zero-order chi connectivity index (χ0) is 21.4. The predicted octanol–water partition coefficient (Wildman–Crippen LogP) is 3.13. The molecule has 0 radical (unpaired) electrons. The van der Waals surface area contributed by atoms with Crippen molar-refractivity contribution in [3.8, 4) is 5.75 Å². The van der Waals surface area contributed by atoms with Crippen LogP contribution in [-0.4, -0.2) is 58.7 Å². The lowest BCUT2D eigenvalue weighted by atomic mass is 10.1. The van der Waals surface area contributed by atoms with Crippen LogP contribution in [0.25, 0.3) is 10.9 Å². The molecule has 2 aliphatic rings. The molecule has 0 spiro atoms. The third kappa shape index (κ3) is 3.56. The van der Waals surface area contributed by atoms with Gasteiger partial charge in [0.2, 0.25) is 5.91 Å². The van der Waals surface area contributed by atoms with Crippen LogP contribution in [0.2, 0.25) is 0 Å². The van der Waals surface area contributed by atoms with Crippen molar-refractivity contribution in [3.05, 3.63) is 65.9 Å². The number of para-hydroxylation sites is 1. The number of methoxy groups -OCH3 is 1. The van der Waals surface area contributed by atoms with Crippen molar-refractivity contribution in [2.75, 3.05) is 26.7 Å². The zero-order valence-corrected chi connectivity index (χ0v) is 17.5. The number of rotatable bonds is 4. The normalized spacial score (nSPS) is 16.3. The topological polar surface area (TPSA) is 67.1 Å². The minimum Gasteiger partial charge on any atom is -0.497 e. The molecule has 7 heteroatoms. The van der Waals surface area contributed by atoms with E-state index in [1.807, 2.05) is 64.1 Å². The van der Waals surface area contributed by atoms with E-state index in [0.717, 1.165) is 53.9 Å². The van der Waals surface area contributed by atoms with Crippen molar-refractivity contribution < 1.29 is 14.3 Å². The molecule has 3 aromatic rings. The number of hydrogen-bond donors (Lipinski definition) is 0. The number of amides is 2. The Morgan fingerprint density at radius 1 is 1.06 bits per heavy atom. The van der Waals surface area contributed by atoms with Crippen LogP contribution in [0.1, 0.15) is 28.9 Å². The molecular formula is C24H24N4O3. The van der Waals surface area contributed by atoms with Crippen LogP contribution in [0.5, 0.6) is 5.75 Å². The average Bonchev–Trinajstić information content (AvgIpc) is 3.44. The molecule has 0 unspecified atom stereocenters. The van der Waals surface area contributed by atoms with Crippen LogP contribution in [0.4, 0.5) is 0 Å². The number of hydrogen-bond acceptors (Lipinski definition) is 4. The highest BCUT2D eigenvalue weighted by molar-refractivity contribution is 6.07. The number of benzene rings is 2. The molecule has 31 heavy (non-hydrogen) atoms. The highest BCUT2D eigenvalue weighted by Crippen LogP contribution is 2.25. The van der Waals surface area contributed by atoms with E-state index < -0.39 is 0 Å². The largest absolute Gasteiger partial charge is 0.497 e. The molecule has 7 nitrogen and oxygen atoms in total. The summed E-state index contributed by atoms with van der Waals surface area (Å²) >= 11 is 0. The Hall–Kier alpha value is -3.61. The van der Waals surface area contributed by atoms with Crippen LogP contribution >= 0.6 is 0 Å². The summed E-state index contributed by atoms with van der Waals surface area (Å²) < 4.78 is 7.26. The summed E-state index contributed by atoms with van der Waals surface area (Å²) in [6.45, 7) is 1.88. The van der Waals surface area contributed by atoms with E-state index in [2.05, 4.69) is 5.10 Å². The van der Waals surface area contributed by atoms with E-state index in [0.29, 0.717) is 12.2 Å². The number of hydrazone groups is 1. The van der Waals surface area contributed by atoms with Crippen LogP contribution < -0.4 is 4.74 Å². The van der Waals surface area contributed by atoms with Gasteiger partial charge in [0.1, 0.15) is 18.0 Å². The molecule has 5 rings (SSSR count). The van der Waals surface area contributed by atoms with Crippen LogP contribution in [0, 0.1) is 0 Å². The summed E-state index contributed by atoms with van der Waals surface area (Å²) in [5, 5.41) is 7.00.